The minimum Gasteiger partial charge on any atom is -0.294 e. The number of hydrogen-bond acceptors (Lipinski definition) is 2. The number of fused-ring (bicyclic) bond motifs is 2. The van der Waals surface area contributed by atoms with Gasteiger partial charge in [0, 0.05) is 22.3 Å². The van der Waals surface area contributed by atoms with E-state index in [-0.39, 0.29) is 0 Å². The summed E-state index contributed by atoms with van der Waals surface area (Å²) in [5.41, 5.74) is 1.24. The molecule has 1 fully saturated rings. The van der Waals surface area contributed by atoms with E-state index in [4.69, 9.17) is 11.6 Å². The molecule has 0 saturated heterocycles. The van der Waals surface area contributed by atoms with Gasteiger partial charge in [-0.05, 0) is 25.3 Å². The number of rotatable bonds is 0. The summed E-state index contributed by atoms with van der Waals surface area (Å²) in [7, 11) is 0. The van der Waals surface area contributed by atoms with Gasteiger partial charge in [-0.3, -0.25) is 4.79 Å². The van der Waals surface area contributed by atoms with E-state index in [1.807, 2.05) is 6.07 Å². The first-order valence-electron chi connectivity index (χ1n) is 6.04. The molecular weight excluding hydrogens is 240 g/mol. The molecule has 1 saturated carbocycles. The number of ketones is 1. The molecule has 0 radical (unpaired) electrons. The first kappa shape index (κ1) is 10.8. The lowest BCUT2D eigenvalue weighted by Gasteiger charge is -2.39. The Morgan fingerprint density at radius 2 is 1.94 bits per heavy atom. The van der Waals surface area contributed by atoms with E-state index in [0.29, 0.717) is 11.2 Å². The Morgan fingerprint density at radius 3 is 2.69 bits per heavy atom. The summed E-state index contributed by atoms with van der Waals surface area (Å²) in [6, 6.07) is 1.89. The summed E-state index contributed by atoms with van der Waals surface area (Å²) < 4.78 is 0.783. The lowest BCUT2D eigenvalue weighted by molar-refractivity contribution is 0.0942. The zero-order valence-corrected chi connectivity index (χ0v) is 10.8. The van der Waals surface area contributed by atoms with Crippen molar-refractivity contribution in [1.29, 1.82) is 0 Å². The molecule has 1 aromatic rings. The van der Waals surface area contributed by atoms with Crippen LogP contribution in [0.1, 0.15) is 60.2 Å². The monoisotopic (exact) mass is 254 g/mol. The van der Waals surface area contributed by atoms with Gasteiger partial charge in [-0.15, -0.1) is 11.3 Å². The van der Waals surface area contributed by atoms with Gasteiger partial charge in [-0.2, -0.15) is 0 Å². The van der Waals surface area contributed by atoms with Crippen LogP contribution in [-0.2, 0) is 5.41 Å². The highest BCUT2D eigenvalue weighted by molar-refractivity contribution is 7.16. The van der Waals surface area contributed by atoms with Crippen LogP contribution in [0.4, 0.5) is 0 Å². The first-order valence-corrected chi connectivity index (χ1v) is 7.24. The van der Waals surface area contributed by atoms with Crippen LogP contribution >= 0.6 is 22.9 Å². The fraction of sp³-hybridized carbons (Fsp3) is 0.615. The highest BCUT2D eigenvalue weighted by atomic mass is 35.5. The van der Waals surface area contributed by atoms with Gasteiger partial charge in [0.15, 0.2) is 5.78 Å². The van der Waals surface area contributed by atoms with Gasteiger partial charge >= 0.3 is 0 Å². The zero-order chi connectivity index (χ0) is 11.2. The minimum atomic E-state index is 0.300. The number of Topliss-reactive ketones (excluding diaryl/α,β-unsaturated/α-hetero) is 1. The maximum absolute atomic E-state index is 11.9. The van der Waals surface area contributed by atoms with E-state index in [1.165, 1.54) is 37.0 Å². The molecule has 0 unspecified atom stereocenters. The van der Waals surface area contributed by atoms with Crippen LogP contribution in [0.3, 0.4) is 0 Å². The van der Waals surface area contributed by atoms with E-state index in [0.717, 1.165) is 22.7 Å². The van der Waals surface area contributed by atoms with E-state index in [2.05, 4.69) is 0 Å². The van der Waals surface area contributed by atoms with Crippen molar-refractivity contribution < 1.29 is 4.79 Å². The third kappa shape index (κ3) is 1.54. The Hall–Kier alpha value is -0.340. The lowest BCUT2D eigenvalue weighted by atomic mass is 9.66. The van der Waals surface area contributed by atoms with Crippen molar-refractivity contribution in [2.75, 3.05) is 0 Å². The molecule has 1 heterocycles. The molecular formula is C13H15ClOS. The van der Waals surface area contributed by atoms with E-state index in [1.54, 1.807) is 11.3 Å². The molecule has 86 valence electrons. The van der Waals surface area contributed by atoms with Crippen molar-refractivity contribution >= 4 is 28.7 Å². The van der Waals surface area contributed by atoms with Crippen LogP contribution in [0, 0.1) is 0 Å². The van der Waals surface area contributed by atoms with Crippen LogP contribution in [0.2, 0.25) is 4.34 Å². The number of thiophene rings is 1. The maximum Gasteiger partial charge on any atom is 0.164 e. The highest BCUT2D eigenvalue weighted by Crippen LogP contribution is 2.51. The van der Waals surface area contributed by atoms with Crippen molar-refractivity contribution in [3.05, 3.63) is 20.8 Å². The predicted octanol–water partition coefficient (Wildman–Crippen LogP) is 4.58. The molecule has 2 aliphatic carbocycles. The van der Waals surface area contributed by atoms with Gasteiger partial charge in [-0.25, -0.2) is 0 Å². The maximum atomic E-state index is 11.9. The highest BCUT2D eigenvalue weighted by Gasteiger charge is 2.41. The average Bonchev–Trinajstić information content (AvgIpc) is 2.69. The van der Waals surface area contributed by atoms with Gasteiger partial charge in [0.1, 0.15) is 0 Å². The quantitative estimate of drug-likeness (QED) is 0.662. The molecule has 0 bridgehead atoms. The smallest absolute Gasteiger partial charge is 0.164 e. The fourth-order valence-electron chi connectivity index (χ4n) is 3.27. The van der Waals surface area contributed by atoms with E-state index in [9.17, 15) is 4.79 Å². The summed E-state index contributed by atoms with van der Waals surface area (Å²) in [5.74, 6) is 0.300. The molecule has 1 aromatic heterocycles. The zero-order valence-electron chi connectivity index (χ0n) is 9.22. The summed E-state index contributed by atoms with van der Waals surface area (Å²) in [6.07, 6.45) is 8.25. The van der Waals surface area contributed by atoms with Crippen molar-refractivity contribution in [2.45, 2.75) is 50.4 Å². The molecule has 2 aliphatic rings. The number of carbonyl (C=O) groups excluding carboxylic acids is 1. The number of carbonyl (C=O) groups is 1. The Labute approximate surface area is 105 Å². The number of halogens is 1. The number of hydrogen-bond donors (Lipinski definition) is 0. The Balaban J connectivity index is 2.09. The van der Waals surface area contributed by atoms with Crippen LogP contribution in [0.5, 0.6) is 0 Å². The summed E-state index contributed by atoms with van der Waals surface area (Å²) in [6.45, 7) is 0. The molecule has 16 heavy (non-hydrogen) atoms. The topological polar surface area (TPSA) is 17.1 Å². The van der Waals surface area contributed by atoms with Crippen LogP contribution in [0.15, 0.2) is 6.07 Å². The molecule has 3 heteroatoms. The summed E-state index contributed by atoms with van der Waals surface area (Å²) in [5, 5.41) is 0. The van der Waals surface area contributed by atoms with Gasteiger partial charge in [0.05, 0.1) is 4.34 Å². The second-order valence-electron chi connectivity index (χ2n) is 5.06. The van der Waals surface area contributed by atoms with Crippen molar-refractivity contribution in [3.63, 3.8) is 0 Å². The van der Waals surface area contributed by atoms with Crippen LogP contribution < -0.4 is 0 Å². The molecule has 0 N–H and O–H groups in total. The SMILES string of the molecule is O=C1CCC2(CCCCC2)c2sc(Cl)cc21. The second kappa shape index (κ2) is 3.85. The predicted molar refractivity (Wildman–Crippen MR) is 67.7 cm³/mol. The first-order chi connectivity index (χ1) is 7.71. The molecule has 0 aromatic carbocycles. The third-order valence-corrected chi connectivity index (χ3v) is 5.64. The Bertz CT molecular complexity index is 429. The average molecular weight is 255 g/mol. The molecule has 1 spiro atoms. The minimum absolute atomic E-state index is 0.300. The van der Waals surface area contributed by atoms with Crippen LogP contribution in [-0.4, -0.2) is 5.78 Å². The summed E-state index contributed by atoms with van der Waals surface area (Å²) in [4.78, 5) is 13.2. The molecule has 0 amide bonds. The molecule has 1 nitrogen and oxygen atoms in total. The lowest BCUT2D eigenvalue weighted by Crippen LogP contribution is -2.33. The fourth-order valence-corrected chi connectivity index (χ4v) is 4.79. The molecule has 0 aliphatic heterocycles. The van der Waals surface area contributed by atoms with Gasteiger partial charge in [0.25, 0.3) is 0 Å². The largest absolute Gasteiger partial charge is 0.294 e. The van der Waals surface area contributed by atoms with Gasteiger partial charge in [0.2, 0.25) is 0 Å². The van der Waals surface area contributed by atoms with Gasteiger partial charge in [-0.1, -0.05) is 30.9 Å². The third-order valence-electron chi connectivity index (χ3n) is 4.13. The van der Waals surface area contributed by atoms with Crippen LogP contribution in [0.25, 0.3) is 0 Å². The van der Waals surface area contributed by atoms with Crippen molar-refractivity contribution in [3.8, 4) is 0 Å². The van der Waals surface area contributed by atoms with E-state index < -0.39 is 0 Å². The molecule has 3 rings (SSSR count). The van der Waals surface area contributed by atoms with Gasteiger partial charge < -0.3 is 0 Å². The Morgan fingerprint density at radius 1 is 1.19 bits per heavy atom. The van der Waals surface area contributed by atoms with Crippen molar-refractivity contribution in [2.24, 2.45) is 0 Å². The molecule has 0 atom stereocenters. The Kier molecular flexibility index (Phi) is 2.60. The normalized spacial score (nSPS) is 23.4. The second-order valence-corrected chi connectivity index (χ2v) is 6.74. The summed E-state index contributed by atoms with van der Waals surface area (Å²) >= 11 is 7.73. The van der Waals surface area contributed by atoms with Crippen molar-refractivity contribution in [1.82, 2.24) is 0 Å². The standard InChI is InChI=1S/C13H15ClOS/c14-11-8-9-10(15)4-7-13(12(9)16-11)5-2-1-3-6-13/h8H,1-7H2. The van der Waals surface area contributed by atoms with E-state index >= 15 is 0 Å².